The van der Waals surface area contributed by atoms with Gasteiger partial charge in [0.25, 0.3) is 0 Å². The maximum atomic E-state index is 12.8. The van der Waals surface area contributed by atoms with Crippen LogP contribution in [0.25, 0.3) is 0 Å². The van der Waals surface area contributed by atoms with Crippen molar-refractivity contribution in [3.63, 3.8) is 0 Å². The van der Waals surface area contributed by atoms with Crippen LogP contribution in [0.1, 0.15) is 27.7 Å². The van der Waals surface area contributed by atoms with Crippen LogP contribution in [0.5, 0.6) is 0 Å². The minimum atomic E-state index is -0.450. The van der Waals surface area contributed by atoms with Crippen molar-refractivity contribution < 1.29 is 14.3 Å². The molecular weight excluding hydrogens is 354 g/mol. The van der Waals surface area contributed by atoms with Gasteiger partial charge in [0.05, 0.1) is 17.9 Å². The number of nitrogens with zero attached hydrogens (tertiary/aromatic N) is 5. The molecule has 1 aromatic heterocycles. The van der Waals surface area contributed by atoms with Crippen LogP contribution in [0, 0.1) is 0 Å². The molecule has 9 heteroatoms. The topological polar surface area (TPSA) is 90.2 Å². The number of ether oxygens (including phenoxy) is 1. The molecule has 8 nitrogen and oxygen atoms in total. The van der Waals surface area contributed by atoms with E-state index in [1.54, 1.807) is 23.7 Å². The van der Waals surface area contributed by atoms with Crippen molar-refractivity contribution in [3.05, 3.63) is 30.3 Å². The minimum absolute atomic E-state index is 0.102. The molecule has 0 saturated carbocycles. The Labute approximate surface area is 156 Å². The van der Waals surface area contributed by atoms with Crippen molar-refractivity contribution in [2.75, 3.05) is 23.8 Å². The molecule has 1 aromatic carbocycles. The number of tetrazole rings is 1. The maximum absolute atomic E-state index is 12.8. The number of carbonyl (C=O) groups is 2. The molecule has 140 valence electrons. The summed E-state index contributed by atoms with van der Waals surface area (Å²) in [4.78, 5) is 26.1. The summed E-state index contributed by atoms with van der Waals surface area (Å²) in [6, 6.07) is 9.03. The number of esters is 1. The zero-order valence-electron chi connectivity index (χ0n) is 15.4. The van der Waals surface area contributed by atoms with E-state index in [0.29, 0.717) is 10.8 Å². The molecule has 0 bridgehead atoms. The summed E-state index contributed by atoms with van der Waals surface area (Å²) in [5.41, 5.74) is 0.348. The van der Waals surface area contributed by atoms with E-state index in [4.69, 9.17) is 4.74 Å². The number of rotatable bonds is 7. The zero-order chi connectivity index (χ0) is 19.2. The molecule has 0 fully saturated rings. The highest BCUT2D eigenvalue weighted by Crippen LogP contribution is 2.23. The number of benzene rings is 1. The summed E-state index contributed by atoms with van der Waals surface area (Å²) in [5, 5.41) is 12.2. The Kier molecular flexibility index (Phi) is 6.73. The predicted molar refractivity (Wildman–Crippen MR) is 99.0 cm³/mol. The van der Waals surface area contributed by atoms with Gasteiger partial charge in [0.2, 0.25) is 11.1 Å². The molecule has 0 spiro atoms. The van der Waals surface area contributed by atoms with Crippen LogP contribution < -0.4 is 4.90 Å². The summed E-state index contributed by atoms with van der Waals surface area (Å²) >= 11 is 1.24. The maximum Gasteiger partial charge on any atom is 0.326 e. The Hall–Kier alpha value is -2.42. The Morgan fingerprint density at radius 2 is 1.92 bits per heavy atom. The van der Waals surface area contributed by atoms with Gasteiger partial charge in [-0.2, -0.15) is 0 Å². The highest BCUT2D eigenvalue weighted by molar-refractivity contribution is 7.99. The molecule has 1 heterocycles. The third-order valence-electron chi connectivity index (χ3n) is 3.36. The van der Waals surface area contributed by atoms with Crippen molar-refractivity contribution in [3.8, 4) is 0 Å². The monoisotopic (exact) mass is 377 g/mol. The molecule has 1 amide bonds. The van der Waals surface area contributed by atoms with Crippen molar-refractivity contribution in [2.24, 2.45) is 0 Å². The second kappa shape index (κ2) is 8.79. The van der Waals surface area contributed by atoms with Gasteiger partial charge in [0, 0.05) is 5.69 Å². The van der Waals surface area contributed by atoms with Crippen LogP contribution in [0.4, 0.5) is 5.69 Å². The van der Waals surface area contributed by atoms with Gasteiger partial charge in [0.15, 0.2) is 0 Å². The van der Waals surface area contributed by atoms with E-state index in [1.165, 1.54) is 16.7 Å². The first kappa shape index (κ1) is 19.9. The first-order valence-electron chi connectivity index (χ1n) is 8.25. The smallest absolute Gasteiger partial charge is 0.326 e. The Morgan fingerprint density at radius 3 is 2.54 bits per heavy atom. The lowest BCUT2D eigenvalue weighted by molar-refractivity contribution is -0.142. The number of carbonyl (C=O) groups excluding carboxylic acids is 2. The van der Waals surface area contributed by atoms with Crippen LogP contribution in [0.3, 0.4) is 0 Å². The molecule has 0 saturated heterocycles. The van der Waals surface area contributed by atoms with E-state index in [0.717, 1.165) is 0 Å². The Bertz CT molecular complexity index is 742. The van der Waals surface area contributed by atoms with E-state index in [2.05, 4.69) is 15.5 Å². The molecule has 0 aliphatic rings. The third kappa shape index (κ3) is 5.29. The molecule has 0 aliphatic heterocycles. The van der Waals surface area contributed by atoms with Crippen molar-refractivity contribution in [1.29, 1.82) is 0 Å². The van der Waals surface area contributed by atoms with E-state index in [-0.39, 0.29) is 30.4 Å². The number of hydrogen-bond donors (Lipinski definition) is 0. The molecule has 0 unspecified atom stereocenters. The van der Waals surface area contributed by atoms with Gasteiger partial charge in [-0.05, 0) is 50.3 Å². The van der Waals surface area contributed by atoms with Gasteiger partial charge < -0.3 is 9.64 Å². The number of anilines is 1. The van der Waals surface area contributed by atoms with Crippen LogP contribution in [0.2, 0.25) is 0 Å². The highest BCUT2D eigenvalue weighted by atomic mass is 32.2. The number of para-hydroxylation sites is 1. The summed E-state index contributed by atoms with van der Waals surface area (Å²) in [5.74, 6) is -0.572. The van der Waals surface area contributed by atoms with Gasteiger partial charge in [0.1, 0.15) is 6.54 Å². The fraction of sp³-hybridized carbons (Fsp3) is 0.471. The lowest BCUT2D eigenvalue weighted by Crippen LogP contribution is -2.37. The van der Waals surface area contributed by atoms with Gasteiger partial charge in [-0.15, -0.1) is 5.10 Å². The fourth-order valence-electron chi connectivity index (χ4n) is 2.16. The second-order valence-corrected chi connectivity index (χ2v) is 7.40. The van der Waals surface area contributed by atoms with Crippen LogP contribution in [-0.4, -0.2) is 51.0 Å². The number of thioether (sulfide) groups is 1. The van der Waals surface area contributed by atoms with Crippen LogP contribution in [0.15, 0.2) is 35.5 Å². The predicted octanol–water partition coefficient (Wildman–Crippen LogP) is 2.12. The molecule has 26 heavy (non-hydrogen) atoms. The lowest BCUT2D eigenvalue weighted by atomic mass is 10.1. The number of hydrogen-bond acceptors (Lipinski definition) is 7. The highest BCUT2D eigenvalue weighted by Gasteiger charge is 2.23. The summed E-state index contributed by atoms with van der Waals surface area (Å²) in [6.45, 7) is 7.80. The first-order valence-corrected chi connectivity index (χ1v) is 9.24. The van der Waals surface area contributed by atoms with E-state index >= 15 is 0 Å². The quantitative estimate of drug-likeness (QED) is 0.539. The summed E-state index contributed by atoms with van der Waals surface area (Å²) < 4.78 is 6.65. The average Bonchev–Trinajstić information content (AvgIpc) is 3.07. The molecule has 2 aromatic rings. The largest absolute Gasteiger partial charge is 0.465 e. The van der Waals surface area contributed by atoms with Gasteiger partial charge >= 0.3 is 5.97 Å². The normalized spacial score (nSPS) is 11.2. The number of amides is 1. The van der Waals surface area contributed by atoms with Crippen LogP contribution in [-0.2, 0) is 19.9 Å². The van der Waals surface area contributed by atoms with Gasteiger partial charge in [-0.3, -0.25) is 9.59 Å². The Morgan fingerprint density at radius 1 is 1.23 bits per heavy atom. The second-order valence-electron chi connectivity index (χ2n) is 6.45. The van der Waals surface area contributed by atoms with Crippen molar-refractivity contribution in [2.45, 2.75) is 38.4 Å². The van der Waals surface area contributed by atoms with Crippen LogP contribution >= 0.6 is 11.8 Å². The number of aromatic nitrogens is 4. The standard InChI is InChI=1S/C17H23N5O3S/c1-5-25-15(24)11-21(13-9-7-6-8-10-13)14(23)12-26-16-18-19-20-22(16)17(2,3)4/h6-10H,5,11-12H2,1-4H3. The molecule has 2 rings (SSSR count). The Balaban J connectivity index is 2.12. The molecule has 0 N–H and O–H groups in total. The fourth-order valence-corrected chi connectivity index (χ4v) is 3.10. The van der Waals surface area contributed by atoms with E-state index < -0.39 is 5.97 Å². The van der Waals surface area contributed by atoms with Gasteiger partial charge in [-0.25, -0.2) is 4.68 Å². The van der Waals surface area contributed by atoms with E-state index in [1.807, 2.05) is 39.0 Å². The molecule has 0 radical (unpaired) electrons. The van der Waals surface area contributed by atoms with Crippen molar-refractivity contribution >= 4 is 29.3 Å². The SMILES string of the molecule is CCOC(=O)CN(C(=O)CSc1nnnn1C(C)(C)C)c1ccccc1. The minimum Gasteiger partial charge on any atom is -0.465 e. The van der Waals surface area contributed by atoms with Crippen molar-refractivity contribution in [1.82, 2.24) is 20.2 Å². The summed E-state index contributed by atoms with van der Waals surface area (Å²) in [6.07, 6.45) is 0. The zero-order valence-corrected chi connectivity index (χ0v) is 16.2. The molecule has 0 aliphatic carbocycles. The molecule has 0 atom stereocenters. The van der Waals surface area contributed by atoms with E-state index in [9.17, 15) is 9.59 Å². The average molecular weight is 377 g/mol. The molecular formula is C17H23N5O3S. The van der Waals surface area contributed by atoms with Gasteiger partial charge in [-0.1, -0.05) is 30.0 Å². The third-order valence-corrected chi connectivity index (χ3v) is 4.27. The first-order chi connectivity index (χ1) is 12.3. The lowest BCUT2D eigenvalue weighted by Gasteiger charge is -2.22. The summed E-state index contributed by atoms with van der Waals surface area (Å²) in [7, 11) is 0.